The van der Waals surface area contributed by atoms with Gasteiger partial charge in [-0.1, -0.05) is 23.7 Å². The van der Waals surface area contributed by atoms with Crippen LogP contribution >= 0.6 is 11.6 Å². The van der Waals surface area contributed by atoms with Crippen molar-refractivity contribution in [3.63, 3.8) is 0 Å². The van der Waals surface area contributed by atoms with Gasteiger partial charge < -0.3 is 16.0 Å². The maximum atomic E-state index is 12.2. The van der Waals surface area contributed by atoms with E-state index in [1.807, 2.05) is 0 Å². The average molecular weight is 332 g/mol. The predicted octanol–water partition coefficient (Wildman–Crippen LogP) is 1.25. The molecule has 8 heteroatoms. The third-order valence-corrected chi connectivity index (χ3v) is 3.86. The summed E-state index contributed by atoms with van der Waals surface area (Å²) in [5, 5.41) is 3.25. The van der Waals surface area contributed by atoms with Crippen LogP contribution in [0.2, 0.25) is 5.02 Å². The van der Waals surface area contributed by atoms with Crippen molar-refractivity contribution in [3.05, 3.63) is 47.4 Å². The molecule has 0 saturated carbocycles. The summed E-state index contributed by atoms with van der Waals surface area (Å²) in [6, 6.07) is 6.75. The third kappa shape index (κ3) is 3.09. The minimum atomic E-state index is -0.450. The normalized spacial score (nSPS) is 17.3. The van der Waals surface area contributed by atoms with Crippen LogP contribution in [0.4, 0.5) is 11.5 Å². The number of nitrogen functional groups attached to an aromatic ring is 1. The monoisotopic (exact) mass is 331 g/mol. The molecule has 1 aliphatic heterocycles. The van der Waals surface area contributed by atoms with E-state index in [1.165, 1.54) is 12.4 Å². The molecule has 0 bridgehead atoms. The van der Waals surface area contributed by atoms with Crippen LogP contribution in [0.1, 0.15) is 16.9 Å². The first-order chi connectivity index (χ1) is 11.1. The fourth-order valence-corrected chi connectivity index (χ4v) is 2.72. The molecule has 1 saturated heterocycles. The molecule has 1 atom stereocenters. The second kappa shape index (κ2) is 6.21. The lowest BCUT2D eigenvalue weighted by atomic mass is 10.2. The molecule has 0 radical (unpaired) electrons. The number of nitrogens with two attached hydrogens (primary N) is 1. The molecule has 2 aromatic rings. The number of hydrogen-bond acceptors (Lipinski definition) is 5. The summed E-state index contributed by atoms with van der Waals surface area (Å²) in [5.74, 6) is -0.498. The molecule has 3 rings (SSSR count). The second-order valence-electron chi connectivity index (χ2n) is 5.12. The summed E-state index contributed by atoms with van der Waals surface area (Å²) in [6.07, 6.45) is 2.99. The van der Waals surface area contributed by atoms with Gasteiger partial charge >= 0.3 is 0 Å². The van der Waals surface area contributed by atoms with E-state index in [9.17, 15) is 9.59 Å². The topological polar surface area (TPSA) is 101 Å². The smallest absolute Gasteiger partial charge is 0.274 e. The number of anilines is 2. The van der Waals surface area contributed by atoms with Crippen LogP contribution < -0.4 is 16.0 Å². The number of para-hydroxylation sites is 1. The number of aromatic nitrogens is 2. The molecule has 1 fully saturated rings. The number of rotatable bonds is 3. The van der Waals surface area contributed by atoms with Gasteiger partial charge in [0.2, 0.25) is 5.91 Å². The highest BCUT2D eigenvalue weighted by molar-refractivity contribution is 6.33. The Bertz CT molecular complexity index is 767. The molecule has 3 N–H and O–H groups in total. The molecule has 1 unspecified atom stereocenters. The molecule has 1 aromatic heterocycles. The van der Waals surface area contributed by atoms with Gasteiger partial charge in [-0.3, -0.25) is 9.59 Å². The zero-order chi connectivity index (χ0) is 16.4. The molecule has 23 heavy (non-hydrogen) atoms. The minimum Gasteiger partial charge on any atom is -0.382 e. The van der Waals surface area contributed by atoms with Crippen molar-refractivity contribution in [2.45, 2.75) is 12.5 Å². The Morgan fingerprint density at radius 2 is 2.04 bits per heavy atom. The first-order valence-corrected chi connectivity index (χ1v) is 7.36. The van der Waals surface area contributed by atoms with Crippen molar-refractivity contribution in [1.29, 1.82) is 0 Å². The van der Waals surface area contributed by atoms with Gasteiger partial charge in [-0.25, -0.2) is 9.97 Å². The number of halogens is 1. The summed E-state index contributed by atoms with van der Waals surface area (Å²) < 4.78 is 0. The quantitative estimate of drug-likeness (QED) is 0.881. The zero-order valence-corrected chi connectivity index (χ0v) is 12.8. The van der Waals surface area contributed by atoms with E-state index >= 15 is 0 Å². The van der Waals surface area contributed by atoms with Crippen LogP contribution in [0.3, 0.4) is 0 Å². The van der Waals surface area contributed by atoms with Gasteiger partial charge in [0.1, 0.15) is 0 Å². The molecule has 1 aliphatic rings. The molecule has 2 amide bonds. The van der Waals surface area contributed by atoms with E-state index in [4.69, 9.17) is 17.3 Å². The minimum absolute atomic E-state index is 0.0520. The van der Waals surface area contributed by atoms with Crippen molar-refractivity contribution in [2.24, 2.45) is 0 Å². The number of nitrogens with one attached hydrogen (secondary N) is 1. The molecule has 7 nitrogen and oxygen atoms in total. The van der Waals surface area contributed by atoms with E-state index in [1.54, 1.807) is 29.2 Å². The summed E-state index contributed by atoms with van der Waals surface area (Å²) in [6.45, 7) is 0.342. The van der Waals surface area contributed by atoms with Crippen LogP contribution in [0, 0.1) is 0 Å². The van der Waals surface area contributed by atoms with E-state index in [0.29, 0.717) is 17.3 Å². The Labute approximate surface area is 137 Å². The van der Waals surface area contributed by atoms with Gasteiger partial charge in [0.25, 0.3) is 5.91 Å². The number of hydrogen-bond donors (Lipinski definition) is 2. The summed E-state index contributed by atoms with van der Waals surface area (Å²) >= 11 is 6.12. The predicted molar refractivity (Wildman–Crippen MR) is 86.1 cm³/mol. The lowest BCUT2D eigenvalue weighted by Crippen LogP contribution is -2.38. The number of nitrogens with zero attached hydrogens (tertiary/aromatic N) is 3. The Morgan fingerprint density at radius 3 is 2.78 bits per heavy atom. The standard InChI is InChI=1S/C15H14ClN5O2/c16-10-3-1-2-4-11(10)21-8-9(7-12(21)22)20-15(23)13-14(17)19-6-5-18-13/h1-6,9H,7-8H2,(H2,17,19)(H,20,23). The van der Waals surface area contributed by atoms with E-state index in [-0.39, 0.29) is 29.9 Å². The van der Waals surface area contributed by atoms with Crippen LogP contribution in [0.5, 0.6) is 0 Å². The fourth-order valence-electron chi connectivity index (χ4n) is 2.49. The van der Waals surface area contributed by atoms with E-state index in [2.05, 4.69) is 15.3 Å². The van der Waals surface area contributed by atoms with E-state index in [0.717, 1.165) is 0 Å². The van der Waals surface area contributed by atoms with Crippen LogP contribution in [-0.2, 0) is 4.79 Å². The van der Waals surface area contributed by atoms with Crippen molar-refractivity contribution in [2.75, 3.05) is 17.2 Å². The lowest BCUT2D eigenvalue weighted by Gasteiger charge is -2.18. The number of carbonyl (C=O) groups is 2. The van der Waals surface area contributed by atoms with Crippen molar-refractivity contribution >= 4 is 34.9 Å². The Balaban J connectivity index is 1.72. The highest BCUT2D eigenvalue weighted by Gasteiger charge is 2.33. The molecular weight excluding hydrogens is 318 g/mol. The molecule has 2 heterocycles. The van der Waals surface area contributed by atoms with Gasteiger partial charge in [-0.2, -0.15) is 0 Å². The largest absolute Gasteiger partial charge is 0.382 e. The van der Waals surface area contributed by atoms with Crippen LogP contribution in [0.25, 0.3) is 0 Å². The first kappa shape index (κ1) is 15.2. The summed E-state index contributed by atoms with van der Waals surface area (Å²) in [7, 11) is 0. The molecule has 0 spiro atoms. The maximum absolute atomic E-state index is 12.2. The number of carbonyl (C=O) groups excluding carboxylic acids is 2. The summed E-state index contributed by atoms with van der Waals surface area (Å²) in [4.78, 5) is 33.7. The summed E-state index contributed by atoms with van der Waals surface area (Å²) in [5.41, 5.74) is 6.32. The lowest BCUT2D eigenvalue weighted by molar-refractivity contribution is -0.117. The zero-order valence-electron chi connectivity index (χ0n) is 12.1. The molecular formula is C15H14ClN5O2. The maximum Gasteiger partial charge on any atom is 0.274 e. The van der Waals surface area contributed by atoms with Crippen molar-refractivity contribution < 1.29 is 9.59 Å². The highest BCUT2D eigenvalue weighted by atomic mass is 35.5. The fraction of sp³-hybridized carbons (Fsp3) is 0.200. The SMILES string of the molecule is Nc1nccnc1C(=O)NC1CC(=O)N(c2ccccc2Cl)C1. The Kier molecular flexibility index (Phi) is 4.12. The Morgan fingerprint density at radius 1 is 1.30 bits per heavy atom. The Hall–Kier alpha value is -2.67. The van der Waals surface area contributed by atoms with Gasteiger partial charge in [0.05, 0.1) is 16.8 Å². The molecule has 118 valence electrons. The van der Waals surface area contributed by atoms with Gasteiger partial charge in [-0.05, 0) is 12.1 Å². The number of benzene rings is 1. The van der Waals surface area contributed by atoms with Crippen LogP contribution in [0.15, 0.2) is 36.7 Å². The molecule has 0 aliphatic carbocycles. The second-order valence-corrected chi connectivity index (χ2v) is 5.53. The number of amides is 2. The third-order valence-electron chi connectivity index (χ3n) is 3.55. The van der Waals surface area contributed by atoms with Crippen LogP contribution in [-0.4, -0.2) is 34.4 Å². The van der Waals surface area contributed by atoms with Gasteiger partial charge in [0, 0.05) is 25.4 Å². The highest BCUT2D eigenvalue weighted by Crippen LogP contribution is 2.29. The molecule has 1 aromatic carbocycles. The van der Waals surface area contributed by atoms with Crippen molar-refractivity contribution in [3.8, 4) is 0 Å². The van der Waals surface area contributed by atoms with E-state index < -0.39 is 5.91 Å². The van der Waals surface area contributed by atoms with Crippen molar-refractivity contribution in [1.82, 2.24) is 15.3 Å². The average Bonchev–Trinajstić information content (AvgIpc) is 2.88. The van der Waals surface area contributed by atoms with Gasteiger partial charge in [0.15, 0.2) is 11.5 Å². The van der Waals surface area contributed by atoms with Gasteiger partial charge in [-0.15, -0.1) is 0 Å². The first-order valence-electron chi connectivity index (χ1n) is 6.98.